The van der Waals surface area contributed by atoms with Crippen LogP contribution in [0.1, 0.15) is 72.1 Å². The van der Waals surface area contributed by atoms with Gasteiger partial charge in [-0.25, -0.2) is 0 Å². The summed E-state index contributed by atoms with van der Waals surface area (Å²) in [6.07, 6.45) is 6.64. The number of hydrogen-bond acceptors (Lipinski definition) is 2. The quantitative estimate of drug-likeness (QED) is 0.739. The van der Waals surface area contributed by atoms with Crippen molar-refractivity contribution in [3.8, 4) is 0 Å². The van der Waals surface area contributed by atoms with Crippen LogP contribution in [0.15, 0.2) is 0 Å². The first-order valence-corrected chi connectivity index (χ1v) is 7.26. The molecule has 2 unspecified atom stereocenters. The third-order valence-corrected chi connectivity index (χ3v) is 4.49. The molecule has 0 bridgehead atoms. The highest BCUT2D eigenvalue weighted by Crippen LogP contribution is 2.42. The molecule has 0 saturated heterocycles. The molecule has 0 spiro atoms. The van der Waals surface area contributed by atoms with E-state index in [1.807, 2.05) is 0 Å². The highest BCUT2D eigenvalue weighted by Gasteiger charge is 2.43. The molecule has 2 atom stereocenters. The summed E-state index contributed by atoms with van der Waals surface area (Å²) < 4.78 is 0. The summed E-state index contributed by atoms with van der Waals surface area (Å²) >= 11 is 0. The number of carboxylic acids is 1. The number of carbonyl (C=O) groups is 1. The number of aliphatic hydroxyl groups is 1. The third kappa shape index (κ3) is 3.98. The monoisotopic (exact) mass is 256 g/mol. The maximum absolute atomic E-state index is 11.4. The average Bonchev–Trinajstić information content (AvgIpc) is 2.39. The van der Waals surface area contributed by atoms with Gasteiger partial charge in [0, 0.05) is 0 Å². The van der Waals surface area contributed by atoms with Gasteiger partial charge in [0.2, 0.25) is 0 Å². The van der Waals surface area contributed by atoms with E-state index in [0.717, 1.165) is 32.1 Å². The van der Waals surface area contributed by atoms with Crippen LogP contribution >= 0.6 is 0 Å². The van der Waals surface area contributed by atoms with Crippen LogP contribution in [0.3, 0.4) is 0 Å². The molecule has 0 radical (unpaired) electrons. The molecule has 0 aromatic carbocycles. The molecular formula is C15H28O3. The van der Waals surface area contributed by atoms with Crippen molar-refractivity contribution in [2.75, 3.05) is 0 Å². The average molecular weight is 256 g/mol. The van der Waals surface area contributed by atoms with E-state index in [4.69, 9.17) is 0 Å². The van der Waals surface area contributed by atoms with Crippen LogP contribution in [-0.4, -0.2) is 21.8 Å². The molecule has 0 aromatic rings. The molecule has 3 nitrogen and oxygen atoms in total. The Labute approximate surface area is 111 Å². The predicted octanol–water partition coefficient (Wildman–Crippen LogP) is 3.60. The summed E-state index contributed by atoms with van der Waals surface area (Å²) in [6.45, 7) is 6.47. The minimum absolute atomic E-state index is 0.234. The Morgan fingerprint density at radius 2 is 1.89 bits per heavy atom. The molecule has 1 rings (SSSR count). The largest absolute Gasteiger partial charge is 0.481 e. The number of rotatable bonds is 5. The van der Waals surface area contributed by atoms with Gasteiger partial charge < -0.3 is 10.2 Å². The Hall–Kier alpha value is -0.570. The van der Waals surface area contributed by atoms with Crippen LogP contribution < -0.4 is 0 Å². The Bertz CT molecular complexity index is 285. The van der Waals surface area contributed by atoms with E-state index in [1.54, 1.807) is 0 Å². The molecule has 0 heterocycles. The number of unbranched alkanes of at least 4 members (excludes halogenated alkanes) is 1. The van der Waals surface area contributed by atoms with Crippen molar-refractivity contribution in [3.05, 3.63) is 0 Å². The van der Waals surface area contributed by atoms with Crippen LogP contribution in [0.4, 0.5) is 0 Å². The van der Waals surface area contributed by atoms with Crippen molar-refractivity contribution >= 4 is 5.97 Å². The standard InChI is InChI=1S/C15H28O3/c1-4-5-7-12(13(16)17)15(18)9-6-8-14(2,3)10-11-15/h12,18H,4-11H2,1-3H3,(H,16,17). The highest BCUT2D eigenvalue weighted by atomic mass is 16.4. The van der Waals surface area contributed by atoms with E-state index in [-0.39, 0.29) is 5.41 Å². The van der Waals surface area contributed by atoms with Crippen LogP contribution in [0.5, 0.6) is 0 Å². The lowest BCUT2D eigenvalue weighted by molar-refractivity contribution is -0.154. The predicted molar refractivity (Wildman–Crippen MR) is 72.5 cm³/mol. The molecule has 0 amide bonds. The zero-order chi connectivity index (χ0) is 13.8. The van der Waals surface area contributed by atoms with Crippen molar-refractivity contribution in [2.45, 2.75) is 77.7 Å². The third-order valence-electron chi connectivity index (χ3n) is 4.49. The van der Waals surface area contributed by atoms with E-state index in [2.05, 4.69) is 20.8 Å². The van der Waals surface area contributed by atoms with E-state index in [1.165, 1.54) is 0 Å². The second kappa shape index (κ2) is 6.05. The first-order chi connectivity index (χ1) is 8.31. The molecule has 1 aliphatic carbocycles. The minimum atomic E-state index is -0.991. The van der Waals surface area contributed by atoms with Gasteiger partial charge in [-0.1, -0.05) is 40.0 Å². The van der Waals surface area contributed by atoms with Crippen LogP contribution in [0.25, 0.3) is 0 Å². The summed E-state index contributed by atoms with van der Waals surface area (Å²) in [5, 5.41) is 20.1. The smallest absolute Gasteiger partial charge is 0.309 e. The molecule has 2 N–H and O–H groups in total. The first kappa shape index (κ1) is 15.5. The van der Waals surface area contributed by atoms with Crippen molar-refractivity contribution in [1.29, 1.82) is 0 Å². The maximum atomic E-state index is 11.4. The molecule has 1 fully saturated rings. The van der Waals surface area contributed by atoms with Gasteiger partial charge in [-0.15, -0.1) is 0 Å². The van der Waals surface area contributed by atoms with Crippen molar-refractivity contribution < 1.29 is 15.0 Å². The summed E-state index contributed by atoms with van der Waals surface area (Å²) in [5.41, 5.74) is -0.757. The fraction of sp³-hybridized carbons (Fsp3) is 0.933. The van der Waals surface area contributed by atoms with E-state index in [0.29, 0.717) is 19.3 Å². The highest BCUT2D eigenvalue weighted by molar-refractivity contribution is 5.71. The number of carboxylic acid groups (broad SMARTS) is 1. The number of hydrogen-bond donors (Lipinski definition) is 2. The Balaban J connectivity index is 2.78. The Morgan fingerprint density at radius 3 is 2.44 bits per heavy atom. The molecule has 1 saturated carbocycles. The topological polar surface area (TPSA) is 57.5 Å². The molecule has 106 valence electrons. The van der Waals surface area contributed by atoms with E-state index in [9.17, 15) is 15.0 Å². The molecular weight excluding hydrogens is 228 g/mol. The Morgan fingerprint density at radius 1 is 1.22 bits per heavy atom. The van der Waals surface area contributed by atoms with Crippen LogP contribution in [0, 0.1) is 11.3 Å². The van der Waals surface area contributed by atoms with Gasteiger partial charge in [0.15, 0.2) is 0 Å². The normalized spacial score (nSPS) is 29.6. The van der Waals surface area contributed by atoms with Gasteiger partial charge in [0.05, 0.1) is 11.5 Å². The van der Waals surface area contributed by atoms with Crippen molar-refractivity contribution in [3.63, 3.8) is 0 Å². The first-order valence-electron chi connectivity index (χ1n) is 7.26. The molecule has 3 heteroatoms. The zero-order valence-electron chi connectivity index (χ0n) is 12.0. The van der Waals surface area contributed by atoms with Crippen LogP contribution in [0.2, 0.25) is 0 Å². The fourth-order valence-corrected chi connectivity index (χ4v) is 3.06. The second-order valence-corrected chi connectivity index (χ2v) is 6.65. The molecule has 0 aliphatic heterocycles. The van der Waals surface area contributed by atoms with Gasteiger partial charge >= 0.3 is 5.97 Å². The van der Waals surface area contributed by atoms with E-state index >= 15 is 0 Å². The van der Waals surface area contributed by atoms with Crippen molar-refractivity contribution in [1.82, 2.24) is 0 Å². The van der Waals surface area contributed by atoms with Gasteiger partial charge in [0.1, 0.15) is 0 Å². The summed E-state index contributed by atoms with van der Waals surface area (Å²) in [4.78, 5) is 11.4. The zero-order valence-corrected chi connectivity index (χ0v) is 12.0. The van der Waals surface area contributed by atoms with Crippen molar-refractivity contribution in [2.24, 2.45) is 11.3 Å². The lowest BCUT2D eigenvalue weighted by atomic mass is 9.77. The fourth-order valence-electron chi connectivity index (χ4n) is 3.06. The maximum Gasteiger partial charge on any atom is 0.309 e. The van der Waals surface area contributed by atoms with E-state index < -0.39 is 17.5 Å². The van der Waals surface area contributed by atoms with Gasteiger partial charge in [-0.2, -0.15) is 0 Å². The summed E-state index contributed by atoms with van der Waals surface area (Å²) in [6, 6.07) is 0. The lowest BCUT2D eigenvalue weighted by Gasteiger charge is -2.33. The summed E-state index contributed by atoms with van der Waals surface area (Å²) in [7, 11) is 0. The minimum Gasteiger partial charge on any atom is -0.481 e. The molecule has 18 heavy (non-hydrogen) atoms. The molecule has 0 aromatic heterocycles. The second-order valence-electron chi connectivity index (χ2n) is 6.65. The van der Waals surface area contributed by atoms with Gasteiger partial charge in [0.25, 0.3) is 0 Å². The molecule has 1 aliphatic rings. The summed E-state index contributed by atoms with van der Waals surface area (Å²) in [5.74, 6) is -1.42. The van der Waals surface area contributed by atoms with Gasteiger partial charge in [-0.05, 0) is 37.5 Å². The SMILES string of the molecule is CCCCC(C(=O)O)C1(O)CCCC(C)(C)CC1. The Kier molecular flexibility index (Phi) is 5.20. The van der Waals surface area contributed by atoms with Crippen LogP contribution in [-0.2, 0) is 4.79 Å². The lowest BCUT2D eigenvalue weighted by Crippen LogP contribution is -2.42. The number of aliphatic carboxylic acids is 1. The van der Waals surface area contributed by atoms with Gasteiger partial charge in [-0.3, -0.25) is 4.79 Å².